The molecule has 2 heterocycles. The van der Waals surface area contributed by atoms with Crippen molar-refractivity contribution in [3.63, 3.8) is 0 Å². The smallest absolute Gasteiger partial charge is 0.236 e. The Hall–Kier alpha value is -1.83. The van der Waals surface area contributed by atoms with E-state index in [1.807, 2.05) is 37.2 Å². The number of para-hydroxylation sites is 2. The lowest BCUT2D eigenvalue weighted by Crippen LogP contribution is -2.54. The number of carbonyl (C=O) groups is 1. The summed E-state index contributed by atoms with van der Waals surface area (Å²) in [6.07, 6.45) is -0.473. The average molecular weight is 362 g/mol. The molecule has 3 rings (SSSR count). The largest absolute Gasteiger partial charge is 0.495 e. The second-order valence-electron chi connectivity index (χ2n) is 7.37. The maximum absolute atomic E-state index is 12.3. The number of β-amino-alcohol motifs (C(OH)–C–C–N with tert-alkyl or cyclic N) is 1. The van der Waals surface area contributed by atoms with Crippen LogP contribution >= 0.6 is 0 Å². The van der Waals surface area contributed by atoms with Crippen LogP contribution in [0.25, 0.3) is 0 Å². The Morgan fingerprint density at radius 2 is 1.88 bits per heavy atom. The molecule has 2 atom stereocenters. The molecule has 2 aliphatic rings. The molecule has 1 aromatic rings. The number of piperazine rings is 1. The summed E-state index contributed by atoms with van der Waals surface area (Å²) in [7, 11) is 5.47. The highest BCUT2D eigenvalue weighted by Gasteiger charge is 2.38. The Balaban J connectivity index is 1.57. The number of likely N-dealkylation sites (tertiary alicyclic amines) is 1. The van der Waals surface area contributed by atoms with E-state index in [1.165, 1.54) is 0 Å². The van der Waals surface area contributed by atoms with Gasteiger partial charge < -0.3 is 24.5 Å². The van der Waals surface area contributed by atoms with Gasteiger partial charge in [0.25, 0.3) is 0 Å². The van der Waals surface area contributed by atoms with Gasteiger partial charge in [-0.1, -0.05) is 12.1 Å². The number of carbonyl (C=O) groups excluding carboxylic acids is 1. The fourth-order valence-electron chi connectivity index (χ4n) is 3.89. The predicted octanol–water partition coefficient (Wildman–Crippen LogP) is -0.0495. The number of hydrogen-bond acceptors (Lipinski definition) is 6. The molecule has 0 saturated carbocycles. The van der Waals surface area contributed by atoms with Gasteiger partial charge in [0, 0.05) is 39.3 Å². The van der Waals surface area contributed by atoms with Crippen LogP contribution in [0.15, 0.2) is 24.3 Å². The zero-order valence-electron chi connectivity index (χ0n) is 16.0. The van der Waals surface area contributed by atoms with E-state index in [2.05, 4.69) is 15.9 Å². The first-order chi connectivity index (χ1) is 12.5. The Labute approximate surface area is 155 Å². The maximum atomic E-state index is 12.3. The number of benzene rings is 1. The Morgan fingerprint density at radius 3 is 2.54 bits per heavy atom. The van der Waals surface area contributed by atoms with Crippen LogP contribution in [0.1, 0.15) is 0 Å². The van der Waals surface area contributed by atoms with E-state index in [-0.39, 0.29) is 11.9 Å². The zero-order valence-corrected chi connectivity index (χ0v) is 16.0. The first-order valence-electron chi connectivity index (χ1n) is 9.22. The lowest BCUT2D eigenvalue weighted by molar-refractivity contribution is -0.131. The fourth-order valence-corrected chi connectivity index (χ4v) is 3.89. The van der Waals surface area contributed by atoms with Gasteiger partial charge in [-0.25, -0.2) is 0 Å². The van der Waals surface area contributed by atoms with E-state index < -0.39 is 6.10 Å². The summed E-state index contributed by atoms with van der Waals surface area (Å²) in [5.74, 6) is 0.978. The van der Waals surface area contributed by atoms with Crippen molar-refractivity contribution >= 4 is 11.6 Å². The molecule has 1 amide bonds. The summed E-state index contributed by atoms with van der Waals surface area (Å²) in [6, 6.07) is 8.10. The van der Waals surface area contributed by atoms with E-state index in [0.29, 0.717) is 19.6 Å². The summed E-state index contributed by atoms with van der Waals surface area (Å²) >= 11 is 0. The molecule has 1 N–H and O–H groups in total. The number of methoxy groups -OCH3 is 1. The van der Waals surface area contributed by atoms with Crippen LogP contribution in [0, 0.1) is 0 Å². The molecule has 2 saturated heterocycles. The van der Waals surface area contributed by atoms with E-state index in [1.54, 1.807) is 12.0 Å². The summed E-state index contributed by atoms with van der Waals surface area (Å²) in [6.45, 7) is 4.95. The van der Waals surface area contributed by atoms with Gasteiger partial charge in [-0.05, 0) is 26.2 Å². The molecular weight excluding hydrogens is 332 g/mol. The second kappa shape index (κ2) is 8.24. The van der Waals surface area contributed by atoms with Gasteiger partial charge in [0.2, 0.25) is 5.91 Å². The predicted molar refractivity (Wildman–Crippen MR) is 102 cm³/mol. The van der Waals surface area contributed by atoms with Crippen molar-refractivity contribution in [2.75, 3.05) is 71.9 Å². The molecule has 26 heavy (non-hydrogen) atoms. The van der Waals surface area contributed by atoms with Crippen molar-refractivity contribution in [2.45, 2.75) is 12.1 Å². The minimum atomic E-state index is -0.473. The molecule has 0 bridgehead atoms. The topological polar surface area (TPSA) is 59.5 Å². The van der Waals surface area contributed by atoms with Crippen molar-refractivity contribution in [1.29, 1.82) is 0 Å². The summed E-state index contributed by atoms with van der Waals surface area (Å²) < 4.78 is 5.47. The number of aliphatic hydroxyl groups is 1. The summed E-state index contributed by atoms with van der Waals surface area (Å²) in [5.41, 5.74) is 1.12. The van der Waals surface area contributed by atoms with Gasteiger partial charge in [0.1, 0.15) is 5.75 Å². The first-order valence-corrected chi connectivity index (χ1v) is 9.22. The molecule has 0 radical (unpaired) electrons. The Kier molecular flexibility index (Phi) is 6.01. The SMILES string of the molecule is COc1ccccc1N1CCN([C@H]2CN(C(=O)CN(C)C)C[C@@H]2O)CC1. The maximum Gasteiger partial charge on any atom is 0.236 e. The highest BCUT2D eigenvalue weighted by molar-refractivity contribution is 5.78. The van der Waals surface area contributed by atoms with Crippen molar-refractivity contribution in [2.24, 2.45) is 0 Å². The van der Waals surface area contributed by atoms with Crippen molar-refractivity contribution in [1.82, 2.24) is 14.7 Å². The third-order valence-electron chi connectivity index (χ3n) is 5.27. The molecule has 0 spiro atoms. The van der Waals surface area contributed by atoms with Crippen LogP contribution < -0.4 is 9.64 Å². The number of nitrogens with zero attached hydrogens (tertiary/aromatic N) is 4. The second-order valence-corrected chi connectivity index (χ2v) is 7.37. The van der Waals surface area contributed by atoms with Gasteiger partial charge in [-0.3, -0.25) is 9.69 Å². The molecule has 144 valence electrons. The lowest BCUT2D eigenvalue weighted by Gasteiger charge is -2.40. The Bertz CT molecular complexity index is 617. The van der Waals surface area contributed by atoms with Crippen LogP contribution in [0.3, 0.4) is 0 Å². The van der Waals surface area contributed by atoms with E-state index in [0.717, 1.165) is 37.6 Å². The molecular formula is C19H30N4O3. The number of ether oxygens (including phenoxy) is 1. The van der Waals surface area contributed by atoms with Crippen LogP contribution in [0.4, 0.5) is 5.69 Å². The average Bonchev–Trinajstić information content (AvgIpc) is 3.03. The number of hydrogen-bond donors (Lipinski definition) is 1. The van der Waals surface area contributed by atoms with E-state index in [9.17, 15) is 9.90 Å². The molecule has 2 fully saturated rings. The number of likely N-dealkylation sites (N-methyl/N-ethyl adjacent to an activating group) is 1. The molecule has 7 nitrogen and oxygen atoms in total. The third-order valence-corrected chi connectivity index (χ3v) is 5.27. The van der Waals surface area contributed by atoms with Crippen LogP contribution in [0.2, 0.25) is 0 Å². The van der Waals surface area contributed by atoms with Gasteiger partial charge in [0.05, 0.1) is 31.5 Å². The van der Waals surface area contributed by atoms with E-state index >= 15 is 0 Å². The molecule has 2 aliphatic heterocycles. The number of amides is 1. The molecule has 0 unspecified atom stereocenters. The fraction of sp³-hybridized carbons (Fsp3) is 0.632. The summed E-state index contributed by atoms with van der Waals surface area (Å²) in [5, 5.41) is 10.5. The van der Waals surface area contributed by atoms with E-state index in [4.69, 9.17) is 4.74 Å². The number of anilines is 1. The molecule has 0 aliphatic carbocycles. The third kappa shape index (κ3) is 4.11. The van der Waals surface area contributed by atoms with Crippen molar-refractivity contribution in [3.8, 4) is 5.75 Å². The first kappa shape index (κ1) is 18.9. The van der Waals surface area contributed by atoms with Crippen molar-refractivity contribution < 1.29 is 14.6 Å². The zero-order chi connectivity index (χ0) is 18.7. The van der Waals surface area contributed by atoms with Gasteiger partial charge in [0.15, 0.2) is 0 Å². The summed E-state index contributed by atoms with van der Waals surface area (Å²) in [4.78, 5) is 20.6. The minimum absolute atomic E-state index is 0.0286. The molecule has 1 aromatic carbocycles. The van der Waals surface area contributed by atoms with Gasteiger partial charge in [-0.15, -0.1) is 0 Å². The minimum Gasteiger partial charge on any atom is -0.495 e. The highest BCUT2D eigenvalue weighted by Crippen LogP contribution is 2.29. The lowest BCUT2D eigenvalue weighted by atomic mass is 10.1. The molecule has 7 heteroatoms. The Morgan fingerprint density at radius 1 is 1.19 bits per heavy atom. The standard InChI is InChI=1S/C19H30N4O3/c1-20(2)14-19(25)23-12-16(17(24)13-23)22-10-8-21(9-11-22)15-6-4-5-7-18(15)26-3/h4-7,16-17,24H,8-14H2,1-3H3/t16-,17-/m0/s1. The quantitative estimate of drug-likeness (QED) is 0.793. The normalized spacial score (nSPS) is 24.3. The van der Waals surface area contributed by atoms with Crippen LogP contribution in [-0.4, -0.2) is 105 Å². The number of rotatable bonds is 5. The van der Waals surface area contributed by atoms with Gasteiger partial charge in [-0.2, -0.15) is 0 Å². The highest BCUT2D eigenvalue weighted by atomic mass is 16.5. The molecule has 0 aromatic heterocycles. The number of aliphatic hydroxyl groups excluding tert-OH is 1. The van der Waals surface area contributed by atoms with Crippen molar-refractivity contribution in [3.05, 3.63) is 24.3 Å². The van der Waals surface area contributed by atoms with Crippen LogP contribution in [-0.2, 0) is 4.79 Å². The monoisotopic (exact) mass is 362 g/mol. The van der Waals surface area contributed by atoms with Crippen LogP contribution in [0.5, 0.6) is 5.75 Å². The van der Waals surface area contributed by atoms with Gasteiger partial charge >= 0.3 is 0 Å².